The van der Waals surface area contributed by atoms with Crippen LogP contribution in [0.15, 0.2) is 30.3 Å². The molecule has 0 aliphatic carbocycles. The quantitative estimate of drug-likeness (QED) is 0.675. The molecule has 0 unspecified atom stereocenters. The molecule has 1 N–H and O–H groups in total. The van der Waals surface area contributed by atoms with Crippen LogP contribution in [0.3, 0.4) is 0 Å². The lowest BCUT2D eigenvalue weighted by Gasteiger charge is -2.17. The zero-order valence-corrected chi connectivity index (χ0v) is 17.6. The Bertz CT molecular complexity index is 891. The molecule has 0 aliphatic heterocycles. The summed E-state index contributed by atoms with van der Waals surface area (Å²) in [4.78, 5) is 24.9. The van der Waals surface area contributed by atoms with Crippen LogP contribution < -0.4 is 19.5 Å². The van der Waals surface area contributed by atoms with E-state index in [9.17, 15) is 9.59 Å². The molecule has 0 atom stereocenters. The summed E-state index contributed by atoms with van der Waals surface area (Å²) in [6.45, 7) is 5.59. The van der Waals surface area contributed by atoms with Crippen LogP contribution in [0, 0.1) is 6.92 Å². The van der Waals surface area contributed by atoms with Crippen molar-refractivity contribution in [3.8, 4) is 17.2 Å². The van der Waals surface area contributed by atoms with Gasteiger partial charge in [-0.15, -0.1) is 0 Å². The maximum atomic E-state index is 12.5. The summed E-state index contributed by atoms with van der Waals surface area (Å²) in [5.74, 6) is 0.143. The first-order valence-corrected chi connectivity index (χ1v) is 9.18. The molecule has 0 spiro atoms. The molecule has 0 radical (unpaired) electrons. The van der Waals surface area contributed by atoms with E-state index in [1.54, 1.807) is 0 Å². The van der Waals surface area contributed by atoms with Crippen LogP contribution in [0.5, 0.6) is 17.2 Å². The smallest absolute Gasteiger partial charge is 0.342 e. The second-order valence-electron chi connectivity index (χ2n) is 6.73. The standard InChI is InChI=1S/C22H27NO6/c1-13(2)15-9-7-8-14(3)21(15)23-20(24)12-29-22(25)16-10-18(27-5)19(28-6)11-17(16)26-4/h7-11,13H,12H2,1-6H3,(H,23,24). The molecule has 0 heterocycles. The van der Waals surface area contributed by atoms with Crippen LogP contribution in [-0.2, 0) is 9.53 Å². The fourth-order valence-electron chi connectivity index (χ4n) is 2.92. The van der Waals surface area contributed by atoms with Crippen molar-refractivity contribution in [2.24, 2.45) is 0 Å². The molecule has 0 aliphatic rings. The van der Waals surface area contributed by atoms with Crippen LogP contribution in [0.1, 0.15) is 41.3 Å². The number of amides is 1. The zero-order chi connectivity index (χ0) is 21.6. The van der Waals surface area contributed by atoms with Gasteiger partial charge in [-0.25, -0.2) is 4.79 Å². The number of esters is 1. The number of hydrogen-bond acceptors (Lipinski definition) is 6. The Morgan fingerprint density at radius 3 is 2.17 bits per heavy atom. The summed E-state index contributed by atoms with van der Waals surface area (Å²) in [5.41, 5.74) is 2.84. The summed E-state index contributed by atoms with van der Waals surface area (Å²) in [6, 6.07) is 8.81. The number of benzene rings is 2. The molecule has 29 heavy (non-hydrogen) atoms. The Hall–Kier alpha value is -3.22. The molecule has 0 fully saturated rings. The van der Waals surface area contributed by atoms with Crippen molar-refractivity contribution in [1.29, 1.82) is 0 Å². The van der Waals surface area contributed by atoms with Gasteiger partial charge in [-0.05, 0) is 24.0 Å². The highest BCUT2D eigenvalue weighted by molar-refractivity contribution is 5.98. The van der Waals surface area contributed by atoms with Crippen molar-refractivity contribution in [2.45, 2.75) is 26.7 Å². The number of methoxy groups -OCH3 is 3. The van der Waals surface area contributed by atoms with Gasteiger partial charge in [0.25, 0.3) is 5.91 Å². The van der Waals surface area contributed by atoms with E-state index in [1.807, 2.05) is 39.0 Å². The lowest BCUT2D eigenvalue weighted by atomic mass is 9.98. The molecule has 2 aromatic rings. The number of carbonyl (C=O) groups excluding carboxylic acids is 2. The van der Waals surface area contributed by atoms with Gasteiger partial charge < -0.3 is 24.3 Å². The number of nitrogens with one attached hydrogen (secondary N) is 1. The third kappa shape index (κ3) is 5.19. The third-order valence-electron chi connectivity index (χ3n) is 4.45. The Balaban J connectivity index is 2.13. The minimum atomic E-state index is -0.702. The molecule has 0 bridgehead atoms. The number of carbonyl (C=O) groups is 2. The molecule has 7 nitrogen and oxygen atoms in total. The number of para-hydroxylation sites is 1. The summed E-state index contributed by atoms with van der Waals surface area (Å²) in [5, 5.41) is 2.84. The van der Waals surface area contributed by atoms with Crippen LogP contribution in [0.2, 0.25) is 0 Å². The van der Waals surface area contributed by atoms with E-state index < -0.39 is 18.5 Å². The maximum absolute atomic E-state index is 12.5. The first-order valence-electron chi connectivity index (χ1n) is 9.18. The number of aryl methyl sites for hydroxylation is 1. The average Bonchev–Trinajstić information content (AvgIpc) is 2.72. The molecule has 2 rings (SSSR count). The number of ether oxygens (including phenoxy) is 4. The van der Waals surface area contributed by atoms with Gasteiger partial charge >= 0.3 is 5.97 Å². The van der Waals surface area contributed by atoms with Crippen LogP contribution in [0.4, 0.5) is 5.69 Å². The van der Waals surface area contributed by atoms with Crippen molar-refractivity contribution in [1.82, 2.24) is 0 Å². The second-order valence-corrected chi connectivity index (χ2v) is 6.73. The Labute approximate surface area is 170 Å². The average molecular weight is 401 g/mol. The molecular weight excluding hydrogens is 374 g/mol. The van der Waals surface area contributed by atoms with E-state index in [0.29, 0.717) is 11.5 Å². The zero-order valence-electron chi connectivity index (χ0n) is 17.6. The van der Waals surface area contributed by atoms with Crippen molar-refractivity contribution in [3.63, 3.8) is 0 Å². The largest absolute Gasteiger partial charge is 0.496 e. The summed E-state index contributed by atoms with van der Waals surface area (Å²) in [6.07, 6.45) is 0. The van der Waals surface area contributed by atoms with Crippen molar-refractivity contribution in [2.75, 3.05) is 33.3 Å². The summed E-state index contributed by atoms with van der Waals surface area (Å²) in [7, 11) is 4.37. The van der Waals surface area contributed by atoms with Gasteiger partial charge in [0.1, 0.15) is 11.3 Å². The molecule has 0 saturated heterocycles. The second kappa shape index (κ2) is 9.82. The lowest BCUT2D eigenvalue weighted by molar-refractivity contribution is -0.119. The van der Waals surface area contributed by atoms with E-state index >= 15 is 0 Å². The van der Waals surface area contributed by atoms with Gasteiger partial charge in [0.2, 0.25) is 0 Å². The fraction of sp³-hybridized carbons (Fsp3) is 0.364. The predicted molar refractivity (Wildman–Crippen MR) is 110 cm³/mol. The van der Waals surface area contributed by atoms with Gasteiger partial charge in [0, 0.05) is 17.8 Å². The summed E-state index contributed by atoms with van der Waals surface area (Å²) < 4.78 is 20.8. The van der Waals surface area contributed by atoms with Gasteiger partial charge in [-0.1, -0.05) is 32.0 Å². The van der Waals surface area contributed by atoms with Crippen LogP contribution >= 0.6 is 0 Å². The Morgan fingerprint density at radius 1 is 0.966 bits per heavy atom. The first kappa shape index (κ1) is 22.1. The molecule has 7 heteroatoms. The molecule has 2 aromatic carbocycles. The van der Waals surface area contributed by atoms with Crippen LogP contribution in [-0.4, -0.2) is 39.8 Å². The highest BCUT2D eigenvalue weighted by Crippen LogP contribution is 2.35. The number of anilines is 1. The molecule has 0 aromatic heterocycles. The van der Waals surface area contributed by atoms with Crippen LogP contribution in [0.25, 0.3) is 0 Å². The monoisotopic (exact) mass is 401 g/mol. The van der Waals surface area contributed by atoms with E-state index in [1.165, 1.54) is 33.5 Å². The lowest BCUT2D eigenvalue weighted by Crippen LogP contribution is -2.22. The SMILES string of the molecule is COc1cc(OC)c(C(=O)OCC(=O)Nc2c(C)cccc2C(C)C)cc1OC. The minimum Gasteiger partial charge on any atom is -0.496 e. The number of rotatable bonds is 8. The van der Waals surface area contributed by atoms with E-state index in [4.69, 9.17) is 18.9 Å². The van der Waals surface area contributed by atoms with Crippen molar-refractivity contribution >= 4 is 17.6 Å². The van der Waals surface area contributed by atoms with Gasteiger partial charge in [-0.2, -0.15) is 0 Å². The van der Waals surface area contributed by atoms with Gasteiger partial charge in [0.15, 0.2) is 18.1 Å². The predicted octanol–water partition coefficient (Wildman–Crippen LogP) is 3.94. The van der Waals surface area contributed by atoms with Crippen molar-refractivity contribution in [3.05, 3.63) is 47.0 Å². The Kier molecular flexibility index (Phi) is 7.47. The van der Waals surface area contributed by atoms with E-state index in [0.717, 1.165) is 16.8 Å². The normalized spacial score (nSPS) is 10.4. The van der Waals surface area contributed by atoms with Gasteiger partial charge in [-0.3, -0.25) is 4.79 Å². The highest BCUT2D eigenvalue weighted by atomic mass is 16.5. The van der Waals surface area contributed by atoms with Crippen molar-refractivity contribution < 1.29 is 28.5 Å². The minimum absolute atomic E-state index is 0.136. The topological polar surface area (TPSA) is 83.1 Å². The summed E-state index contributed by atoms with van der Waals surface area (Å²) >= 11 is 0. The molecule has 1 amide bonds. The molecule has 156 valence electrons. The first-order chi connectivity index (χ1) is 13.8. The van der Waals surface area contributed by atoms with E-state index in [2.05, 4.69) is 5.32 Å². The maximum Gasteiger partial charge on any atom is 0.342 e. The molecular formula is C22H27NO6. The number of hydrogen-bond donors (Lipinski definition) is 1. The van der Waals surface area contributed by atoms with E-state index in [-0.39, 0.29) is 17.2 Å². The molecule has 0 saturated carbocycles. The van der Waals surface area contributed by atoms with Gasteiger partial charge in [0.05, 0.1) is 21.3 Å². The Morgan fingerprint density at radius 2 is 1.59 bits per heavy atom. The highest BCUT2D eigenvalue weighted by Gasteiger charge is 2.20. The third-order valence-corrected chi connectivity index (χ3v) is 4.45. The fourth-order valence-corrected chi connectivity index (χ4v) is 2.92.